The first kappa shape index (κ1) is 19.9. The highest BCUT2D eigenvalue weighted by atomic mass is 16.5. The Morgan fingerprint density at radius 3 is 2.48 bits per heavy atom. The smallest absolute Gasteiger partial charge is 0.255 e. The molecule has 0 aliphatic carbocycles. The number of benzene rings is 1. The van der Waals surface area contributed by atoms with Gasteiger partial charge in [0.1, 0.15) is 0 Å². The zero-order valence-corrected chi connectivity index (χ0v) is 16.8. The van der Waals surface area contributed by atoms with Crippen LogP contribution in [0.3, 0.4) is 0 Å². The van der Waals surface area contributed by atoms with E-state index in [2.05, 4.69) is 10.2 Å². The van der Waals surface area contributed by atoms with Crippen molar-refractivity contribution in [3.8, 4) is 5.69 Å². The largest absolute Gasteiger partial charge is 0.381 e. The number of aromatic nitrogens is 1. The minimum Gasteiger partial charge on any atom is -0.381 e. The summed E-state index contributed by atoms with van der Waals surface area (Å²) in [5.41, 5.74) is 1.16. The molecule has 0 saturated carbocycles. The molecule has 6 nitrogen and oxygen atoms in total. The first-order valence-corrected chi connectivity index (χ1v) is 10.5. The number of para-hydroxylation sites is 1. The fraction of sp³-hybridized carbons (Fsp3) is 0.478. The SMILES string of the molecule is O=C(NCC1(CN2CCCC2)CCOCC1)c1ccc(=O)n(-c2ccccc2)c1. The van der Waals surface area contributed by atoms with Crippen molar-refractivity contribution < 1.29 is 9.53 Å². The maximum Gasteiger partial charge on any atom is 0.255 e. The van der Waals surface area contributed by atoms with Crippen LogP contribution < -0.4 is 10.9 Å². The Morgan fingerprint density at radius 1 is 1.03 bits per heavy atom. The summed E-state index contributed by atoms with van der Waals surface area (Å²) in [6, 6.07) is 12.4. The van der Waals surface area contributed by atoms with Crippen molar-refractivity contribution >= 4 is 5.91 Å². The normalized spacial score (nSPS) is 19.2. The zero-order valence-electron chi connectivity index (χ0n) is 16.8. The molecule has 2 aromatic rings. The summed E-state index contributed by atoms with van der Waals surface area (Å²) in [5.74, 6) is -0.137. The monoisotopic (exact) mass is 395 g/mol. The van der Waals surface area contributed by atoms with Crippen LogP contribution in [0.15, 0.2) is 53.5 Å². The number of amides is 1. The van der Waals surface area contributed by atoms with E-state index in [1.807, 2.05) is 30.3 Å². The Morgan fingerprint density at radius 2 is 1.76 bits per heavy atom. The molecular weight excluding hydrogens is 366 g/mol. The standard InChI is InChI=1S/C23H29N3O3/c27-21-9-8-19(16-26(21)20-6-2-1-3-7-20)22(28)24-17-23(10-14-29-15-11-23)18-25-12-4-5-13-25/h1-3,6-9,16H,4-5,10-15,17-18H2,(H,24,28). The lowest BCUT2D eigenvalue weighted by Gasteiger charge is -2.40. The van der Waals surface area contributed by atoms with Gasteiger partial charge in [-0.1, -0.05) is 18.2 Å². The molecule has 1 amide bonds. The van der Waals surface area contributed by atoms with E-state index >= 15 is 0 Å². The minimum atomic E-state index is -0.150. The van der Waals surface area contributed by atoms with Crippen LogP contribution >= 0.6 is 0 Å². The molecule has 0 unspecified atom stereocenters. The molecule has 29 heavy (non-hydrogen) atoms. The minimum absolute atomic E-state index is 0.0616. The number of carbonyl (C=O) groups excluding carboxylic acids is 1. The molecule has 0 radical (unpaired) electrons. The van der Waals surface area contributed by atoms with Gasteiger partial charge in [-0.25, -0.2) is 0 Å². The molecule has 3 heterocycles. The summed E-state index contributed by atoms with van der Waals surface area (Å²) in [6.45, 7) is 5.46. The van der Waals surface area contributed by atoms with Crippen LogP contribution in [0.2, 0.25) is 0 Å². The van der Waals surface area contributed by atoms with E-state index in [0.717, 1.165) is 51.4 Å². The summed E-state index contributed by atoms with van der Waals surface area (Å²) in [5, 5.41) is 3.15. The predicted molar refractivity (Wildman–Crippen MR) is 113 cm³/mol. The van der Waals surface area contributed by atoms with Gasteiger partial charge >= 0.3 is 0 Å². The Hall–Kier alpha value is -2.44. The van der Waals surface area contributed by atoms with Crippen molar-refractivity contribution in [1.29, 1.82) is 0 Å². The van der Waals surface area contributed by atoms with Crippen molar-refractivity contribution in [1.82, 2.24) is 14.8 Å². The maximum absolute atomic E-state index is 12.9. The van der Waals surface area contributed by atoms with Crippen molar-refractivity contribution in [3.63, 3.8) is 0 Å². The van der Waals surface area contributed by atoms with Crippen molar-refractivity contribution in [2.45, 2.75) is 25.7 Å². The lowest BCUT2D eigenvalue weighted by Crippen LogP contribution is -2.48. The third kappa shape index (κ3) is 4.77. The molecule has 1 aromatic heterocycles. The van der Waals surface area contributed by atoms with Crippen LogP contribution in [0.4, 0.5) is 0 Å². The molecule has 0 atom stereocenters. The van der Waals surface area contributed by atoms with Gasteiger partial charge in [-0.05, 0) is 57.0 Å². The van der Waals surface area contributed by atoms with Gasteiger partial charge < -0.3 is 15.0 Å². The average Bonchev–Trinajstić information content (AvgIpc) is 3.26. The number of nitrogens with one attached hydrogen (secondary N) is 1. The number of ether oxygens (including phenoxy) is 1. The summed E-state index contributed by atoms with van der Waals surface area (Å²) in [4.78, 5) is 27.7. The predicted octanol–water partition coefficient (Wildman–Crippen LogP) is 2.46. The summed E-state index contributed by atoms with van der Waals surface area (Å²) >= 11 is 0. The van der Waals surface area contributed by atoms with Gasteiger partial charge in [0.05, 0.1) is 5.56 Å². The molecular formula is C23H29N3O3. The summed E-state index contributed by atoms with van der Waals surface area (Å²) < 4.78 is 7.11. The lowest BCUT2D eigenvalue weighted by molar-refractivity contribution is -0.000632. The molecule has 2 aliphatic heterocycles. The van der Waals surface area contributed by atoms with E-state index < -0.39 is 0 Å². The van der Waals surface area contributed by atoms with Gasteiger partial charge in [0.15, 0.2) is 0 Å². The molecule has 154 valence electrons. The van der Waals surface area contributed by atoms with E-state index in [4.69, 9.17) is 4.74 Å². The second-order valence-corrected chi connectivity index (χ2v) is 8.24. The van der Waals surface area contributed by atoms with Gasteiger partial charge in [0.25, 0.3) is 11.5 Å². The van der Waals surface area contributed by atoms with Crippen LogP contribution in [-0.2, 0) is 4.74 Å². The molecule has 1 aromatic carbocycles. The molecule has 0 spiro atoms. The second-order valence-electron chi connectivity index (χ2n) is 8.24. The number of nitrogens with zero attached hydrogens (tertiary/aromatic N) is 2. The van der Waals surface area contributed by atoms with Gasteiger partial charge in [-0.3, -0.25) is 14.2 Å². The molecule has 6 heteroatoms. The number of carbonyl (C=O) groups is 1. The quantitative estimate of drug-likeness (QED) is 0.816. The summed E-state index contributed by atoms with van der Waals surface area (Å²) in [6.07, 6.45) is 6.09. The molecule has 2 aliphatic rings. The van der Waals surface area contributed by atoms with Crippen LogP contribution in [-0.4, -0.2) is 54.8 Å². The highest BCUT2D eigenvalue weighted by Gasteiger charge is 2.35. The topological polar surface area (TPSA) is 63.6 Å². The van der Waals surface area contributed by atoms with Gasteiger partial charge in [0, 0.05) is 49.7 Å². The Kier molecular flexibility index (Phi) is 6.11. The first-order valence-electron chi connectivity index (χ1n) is 10.5. The number of hydrogen-bond donors (Lipinski definition) is 1. The van der Waals surface area contributed by atoms with E-state index in [0.29, 0.717) is 12.1 Å². The van der Waals surface area contributed by atoms with Crippen LogP contribution in [0.25, 0.3) is 5.69 Å². The van der Waals surface area contributed by atoms with Crippen molar-refractivity contribution in [2.75, 3.05) is 39.4 Å². The number of pyridine rings is 1. The number of rotatable bonds is 6. The van der Waals surface area contributed by atoms with Crippen molar-refractivity contribution in [3.05, 3.63) is 64.6 Å². The number of hydrogen-bond acceptors (Lipinski definition) is 4. The van der Waals surface area contributed by atoms with E-state index in [1.165, 1.54) is 23.5 Å². The first-order chi connectivity index (χ1) is 14.2. The fourth-order valence-corrected chi connectivity index (χ4v) is 4.39. The highest BCUT2D eigenvalue weighted by Crippen LogP contribution is 2.32. The van der Waals surface area contributed by atoms with E-state index in [-0.39, 0.29) is 16.9 Å². The molecule has 4 rings (SSSR count). The molecule has 0 bridgehead atoms. The lowest BCUT2D eigenvalue weighted by atomic mass is 9.79. The van der Waals surface area contributed by atoms with Crippen LogP contribution in [0, 0.1) is 5.41 Å². The summed E-state index contributed by atoms with van der Waals surface area (Å²) in [7, 11) is 0. The number of likely N-dealkylation sites (tertiary alicyclic amines) is 1. The third-order valence-corrected chi connectivity index (χ3v) is 6.14. The zero-order chi connectivity index (χ0) is 20.1. The maximum atomic E-state index is 12.9. The second kappa shape index (κ2) is 8.93. The van der Waals surface area contributed by atoms with Gasteiger partial charge in [-0.2, -0.15) is 0 Å². The Bertz CT molecular complexity index is 882. The molecule has 2 saturated heterocycles. The Labute approximate surface area is 171 Å². The highest BCUT2D eigenvalue weighted by molar-refractivity contribution is 5.93. The van der Waals surface area contributed by atoms with Gasteiger partial charge in [-0.15, -0.1) is 0 Å². The Balaban J connectivity index is 1.47. The van der Waals surface area contributed by atoms with Crippen molar-refractivity contribution in [2.24, 2.45) is 5.41 Å². The van der Waals surface area contributed by atoms with Crippen LogP contribution in [0.1, 0.15) is 36.0 Å². The third-order valence-electron chi connectivity index (χ3n) is 6.14. The van der Waals surface area contributed by atoms with E-state index in [1.54, 1.807) is 12.3 Å². The fourth-order valence-electron chi connectivity index (χ4n) is 4.39. The molecule has 1 N–H and O–H groups in total. The van der Waals surface area contributed by atoms with Crippen LogP contribution in [0.5, 0.6) is 0 Å². The average molecular weight is 396 g/mol. The molecule has 2 fully saturated rings. The van der Waals surface area contributed by atoms with E-state index in [9.17, 15) is 9.59 Å². The van der Waals surface area contributed by atoms with Gasteiger partial charge in [0.2, 0.25) is 0 Å².